The number of aliphatic hydroxyl groups excluding tert-OH is 2. The van der Waals surface area contributed by atoms with Gasteiger partial charge in [0.05, 0.1) is 0 Å². The quantitative estimate of drug-likeness (QED) is 0.372. The highest BCUT2D eigenvalue weighted by atomic mass is 32.3. The van der Waals surface area contributed by atoms with E-state index in [0.717, 1.165) is 11.1 Å². The molecule has 0 fully saturated rings. The van der Waals surface area contributed by atoms with Gasteiger partial charge in [-0.1, -0.05) is 0 Å². The zero-order valence-electron chi connectivity index (χ0n) is 18.1. The zero-order chi connectivity index (χ0) is 24.9. The van der Waals surface area contributed by atoms with Gasteiger partial charge in [-0.15, -0.1) is 0 Å². The normalized spacial score (nSPS) is 21.0. The highest BCUT2D eigenvalue weighted by molar-refractivity contribution is 7.79. The van der Waals surface area contributed by atoms with E-state index in [1.807, 2.05) is 0 Å². The molecule has 2 aromatic rings. The van der Waals surface area contributed by atoms with Crippen LogP contribution >= 0.6 is 0 Å². The Bertz CT molecular complexity index is 1010. The van der Waals surface area contributed by atoms with Gasteiger partial charge in [-0.3, -0.25) is 9.11 Å². The summed E-state index contributed by atoms with van der Waals surface area (Å²) < 4.78 is 69.7. The first-order valence-electron chi connectivity index (χ1n) is 10.7. The summed E-state index contributed by atoms with van der Waals surface area (Å²) in [6, 6.07) is 8.79. The van der Waals surface area contributed by atoms with Gasteiger partial charge in [0.1, 0.15) is 47.5 Å². The summed E-state index contributed by atoms with van der Waals surface area (Å²) in [4.78, 5) is 0. The standard InChI is InChI=1S/C22H25F2NO4.H2O4S/c23-15-3-7-19-13(9-15)1-5-21(28-19)17(26)11-25-12-18(27)22-6-2-14-10-16(24)4-8-20(14)29-22;1-5(2,3)4/h3-4,7-10,17-18,21-22,25-27H,1-2,5-6,11-12H2;(H2,1,2,3,4)/t17-,18-,21-,22+;/m0./s1. The van der Waals surface area contributed by atoms with Crippen molar-refractivity contribution in [1.82, 2.24) is 5.32 Å². The van der Waals surface area contributed by atoms with E-state index in [0.29, 0.717) is 37.2 Å². The number of aryl methyl sites for hydroxylation is 2. The molecule has 0 saturated carbocycles. The van der Waals surface area contributed by atoms with Crippen molar-refractivity contribution in [1.29, 1.82) is 0 Å². The number of halogens is 2. The molecule has 5 N–H and O–H groups in total. The molecule has 0 amide bonds. The molecule has 4 rings (SSSR count). The third-order valence-corrected chi connectivity index (χ3v) is 5.56. The molecule has 0 saturated heterocycles. The molecule has 0 aliphatic carbocycles. The molecule has 2 aromatic carbocycles. The predicted molar refractivity (Wildman–Crippen MR) is 117 cm³/mol. The van der Waals surface area contributed by atoms with E-state index in [9.17, 15) is 19.0 Å². The monoisotopic (exact) mass is 503 g/mol. The van der Waals surface area contributed by atoms with Crippen LogP contribution < -0.4 is 14.8 Å². The van der Waals surface area contributed by atoms with Gasteiger partial charge in [0.15, 0.2) is 0 Å². The van der Waals surface area contributed by atoms with Gasteiger partial charge in [0.25, 0.3) is 0 Å². The lowest BCUT2D eigenvalue weighted by Crippen LogP contribution is -2.46. The molecule has 0 bridgehead atoms. The first-order valence-corrected chi connectivity index (χ1v) is 12.1. The van der Waals surface area contributed by atoms with Gasteiger partial charge < -0.3 is 25.0 Å². The topological polar surface area (TPSA) is 146 Å². The van der Waals surface area contributed by atoms with Gasteiger partial charge in [-0.25, -0.2) is 8.78 Å². The number of fused-ring (bicyclic) bond motifs is 2. The van der Waals surface area contributed by atoms with E-state index in [-0.39, 0.29) is 36.9 Å². The van der Waals surface area contributed by atoms with Gasteiger partial charge in [-0.05, 0) is 73.2 Å². The summed E-state index contributed by atoms with van der Waals surface area (Å²) in [7, 11) is -4.67. The Labute approximate surface area is 195 Å². The molecular formula is C22H27F2NO8S. The molecule has 2 heterocycles. The minimum atomic E-state index is -4.67. The third-order valence-electron chi connectivity index (χ3n) is 5.56. The maximum atomic E-state index is 13.3. The van der Waals surface area contributed by atoms with Crippen LogP contribution in [0.2, 0.25) is 0 Å². The SMILES string of the molecule is O=S(=O)(O)O.O[C@@H](CNC[C@H](O)[C@H]1CCc2cc(F)ccc2O1)[C@@H]1CCc2cc(F)ccc2O1. The second kappa shape index (κ2) is 11.4. The van der Waals surface area contributed by atoms with Crippen LogP contribution in [0.15, 0.2) is 36.4 Å². The Morgan fingerprint density at radius 1 is 0.853 bits per heavy atom. The Morgan fingerprint density at radius 2 is 1.24 bits per heavy atom. The fraction of sp³-hybridized carbons (Fsp3) is 0.455. The Morgan fingerprint density at radius 3 is 1.62 bits per heavy atom. The van der Waals surface area contributed by atoms with E-state index < -0.39 is 22.6 Å². The van der Waals surface area contributed by atoms with Gasteiger partial charge >= 0.3 is 10.4 Å². The summed E-state index contributed by atoms with van der Waals surface area (Å²) in [6.07, 6.45) is 0.214. The Kier molecular flexibility index (Phi) is 8.79. The van der Waals surface area contributed by atoms with E-state index in [1.165, 1.54) is 24.3 Å². The molecule has 188 valence electrons. The van der Waals surface area contributed by atoms with Crippen LogP contribution in [0.5, 0.6) is 11.5 Å². The maximum Gasteiger partial charge on any atom is 0.394 e. The number of rotatable bonds is 6. The minimum Gasteiger partial charge on any atom is -0.487 e. The van der Waals surface area contributed by atoms with Crippen molar-refractivity contribution in [3.63, 3.8) is 0 Å². The average molecular weight is 504 g/mol. The highest BCUT2D eigenvalue weighted by Gasteiger charge is 2.29. The average Bonchev–Trinajstić information content (AvgIpc) is 2.77. The van der Waals surface area contributed by atoms with E-state index in [2.05, 4.69) is 5.32 Å². The summed E-state index contributed by atoms with van der Waals surface area (Å²) in [5, 5.41) is 23.9. The van der Waals surface area contributed by atoms with Crippen LogP contribution in [0, 0.1) is 11.6 Å². The number of nitrogens with one attached hydrogen (secondary N) is 1. The molecule has 4 atom stereocenters. The number of hydrogen-bond acceptors (Lipinski definition) is 7. The maximum absolute atomic E-state index is 13.3. The van der Waals surface area contributed by atoms with E-state index >= 15 is 0 Å². The first-order chi connectivity index (χ1) is 16.0. The molecule has 9 nitrogen and oxygen atoms in total. The van der Waals surface area contributed by atoms with Crippen molar-refractivity contribution >= 4 is 10.4 Å². The van der Waals surface area contributed by atoms with Crippen LogP contribution in [0.4, 0.5) is 8.78 Å². The minimum absolute atomic E-state index is 0.257. The van der Waals surface area contributed by atoms with Crippen LogP contribution in [-0.2, 0) is 23.2 Å². The lowest BCUT2D eigenvalue weighted by molar-refractivity contribution is 0.00892. The number of benzene rings is 2. The third kappa shape index (κ3) is 7.86. The number of ether oxygens (including phenoxy) is 2. The van der Waals surface area contributed by atoms with Crippen molar-refractivity contribution in [3.8, 4) is 11.5 Å². The van der Waals surface area contributed by atoms with Crippen LogP contribution in [0.3, 0.4) is 0 Å². The molecule has 0 aromatic heterocycles. The zero-order valence-corrected chi connectivity index (χ0v) is 18.9. The van der Waals surface area contributed by atoms with Crippen molar-refractivity contribution < 1.29 is 46.0 Å². The van der Waals surface area contributed by atoms with Gasteiger partial charge in [-0.2, -0.15) is 8.42 Å². The molecular weight excluding hydrogens is 476 g/mol. The molecule has 2 aliphatic heterocycles. The largest absolute Gasteiger partial charge is 0.487 e. The second-order valence-electron chi connectivity index (χ2n) is 8.13. The summed E-state index contributed by atoms with van der Waals surface area (Å²) in [5.74, 6) is 0.624. The molecule has 0 radical (unpaired) electrons. The predicted octanol–water partition coefficient (Wildman–Crippen LogP) is 1.71. The van der Waals surface area contributed by atoms with Crippen molar-refractivity contribution in [2.75, 3.05) is 13.1 Å². The highest BCUT2D eigenvalue weighted by Crippen LogP contribution is 2.30. The van der Waals surface area contributed by atoms with Crippen LogP contribution in [-0.4, -0.2) is 65.2 Å². The van der Waals surface area contributed by atoms with Gasteiger partial charge in [0.2, 0.25) is 0 Å². The summed E-state index contributed by atoms with van der Waals surface area (Å²) in [5.41, 5.74) is 1.62. The van der Waals surface area contributed by atoms with E-state index in [1.54, 1.807) is 12.1 Å². The number of hydrogen-bond donors (Lipinski definition) is 5. The van der Waals surface area contributed by atoms with Crippen molar-refractivity contribution in [2.45, 2.75) is 50.1 Å². The fourth-order valence-corrected chi connectivity index (χ4v) is 3.94. The van der Waals surface area contributed by atoms with Crippen LogP contribution in [0.25, 0.3) is 0 Å². The lowest BCUT2D eigenvalue weighted by atomic mass is 9.98. The molecule has 12 heteroatoms. The lowest BCUT2D eigenvalue weighted by Gasteiger charge is -2.31. The fourth-order valence-electron chi connectivity index (χ4n) is 3.94. The smallest absolute Gasteiger partial charge is 0.394 e. The van der Waals surface area contributed by atoms with Gasteiger partial charge in [0, 0.05) is 13.1 Å². The van der Waals surface area contributed by atoms with Crippen LogP contribution in [0.1, 0.15) is 24.0 Å². The molecule has 2 aliphatic rings. The van der Waals surface area contributed by atoms with Crippen molar-refractivity contribution in [3.05, 3.63) is 59.2 Å². The Hall–Kier alpha value is -2.35. The van der Waals surface area contributed by atoms with Crippen molar-refractivity contribution in [2.24, 2.45) is 0 Å². The summed E-state index contributed by atoms with van der Waals surface area (Å²) >= 11 is 0. The molecule has 34 heavy (non-hydrogen) atoms. The first kappa shape index (κ1) is 26.3. The second-order valence-corrected chi connectivity index (χ2v) is 9.03. The Balaban J connectivity index is 0.000000588. The molecule has 0 unspecified atom stereocenters. The number of aliphatic hydroxyl groups is 2. The van der Waals surface area contributed by atoms with E-state index in [4.69, 9.17) is 27.0 Å². The summed E-state index contributed by atoms with van der Waals surface area (Å²) in [6.45, 7) is 0.513. The molecule has 0 spiro atoms.